The summed E-state index contributed by atoms with van der Waals surface area (Å²) in [5.41, 5.74) is 0.507. The maximum Gasteiger partial charge on any atom is 0.407 e. The summed E-state index contributed by atoms with van der Waals surface area (Å²) in [5, 5.41) is 2.64. The molecule has 0 saturated heterocycles. The van der Waals surface area contributed by atoms with E-state index < -0.39 is 11.7 Å². The van der Waals surface area contributed by atoms with E-state index in [2.05, 4.69) is 26.2 Å². The topological polar surface area (TPSA) is 51.2 Å². The highest BCUT2D eigenvalue weighted by Gasteiger charge is 2.14. The molecule has 1 heterocycles. The number of carbonyl (C=O) groups is 1. The van der Waals surface area contributed by atoms with Gasteiger partial charge in [0.15, 0.2) is 0 Å². The number of rotatable bonds is 3. The van der Waals surface area contributed by atoms with Gasteiger partial charge < -0.3 is 10.1 Å². The molecule has 0 atom stereocenters. The van der Waals surface area contributed by atoms with Crippen molar-refractivity contribution in [3.63, 3.8) is 0 Å². The summed E-state index contributed by atoms with van der Waals surface area (Å²) in [4.78, 5) is 15.4. The molecule has 1 aromatic rings. The first-order valence-corrected chi connectivity index (χ1v) is 6.41. The smallest absolute Gasteiger partial charge is 0.407 e. The number of nitrogens with one attached hydrogen (secondary N) is 1. The average molecular weight is 313 g/mol. The van der Waals surface area contributed by atoms with E-state index in [0.717, 1.165) is 10.2 Å². The van der Waals surface area contributed by atoms with Gasteiger partial charge in [0.1, 0.15) is 10.2 Å². The highest BCUT2D eigenvalue weighted by atomic mass is 79.9. The minimum absolute atomic E-state index is 0.416. The third-order valence-electron chi connectivity index (χ3n) is 1.82. The van der Waals surface area contributed by atoms with Crippen LogP contribution in [-0.4, -0.2) is 23.2 Å². The second-order valence-electron chi connectivity index (χ2n) is 4.70. The lowest BCUT2D eigenvalue weighted by Crippen LogP contribution is -2.32. The van der Waals surface area contributed by atoms with Gasteiger partial charge in [-0.25, -0.2) is 9.78 Å². The monoisotopic (exact) mass is 312 g/mol. The van der Waals surface area contributed by atoms with Crippen molar-refractivity contribution in [3.05, 3.63) is 34.6 Å². The van der Waals surface area contributed by atoms with Crippen LogP contribution < -0.4 is 5.32 Å². The zero-order valence-corrected chi connectivity index (χ0v) is 12.3. The molecule has 0 aliphatic heterocycles. The van der Waals surface area contributed by atoms with Crippen molar-refractivity contribution in [2.45, 2.75) is 26.4 Å². The molecule has 0 aliphatic carbocycles. The number of halogens is 1. The van der Waals surface area contributed by atoms with E-state index in [1.165, 1.54) is 0 Å². The van der Waals surface area contributed by atoms with Crippen molar-refractivity contribution >= 4 is 28.1 Å². The molecule has 0 bridgehead atoms. The van der Waals surface area contributed by atoms with Crippen LogP contribution in [0.4, 0.5) is 4.79 Å². The molecule has 4 nitrogen and oxygen atoms in total. The number of hydrogen-bond acceptors (Lipinski definition) is 3. The van der Waals surface area contributed by atoms with Gasteiger partial charge in [0.25, 0.3) is 0 Å². The van der Waals surface area contributed by atoms with Crippen LogP contribution in [-0.2, 0) is 4.74 Å². The quantitative estimate of drug-likeness (QED) is 0.870. The molecule has 1 rings (SSSR count). The lowest BCUT2D eigenvalue weighted by atomic mass is 10.2. The van der Waals surface area contributed by atoms with Gasteiger partial charge in [-0.2, -0.15) is 0 Å². The summed E-state index contributed by atoms with van der Waals surface area (Å²) < 4.78 is 5.90. The predicted octanol–water partition coefficient (Wildman–Crippen LogP) is 3.38. The van der Waals surface area contributed by atoms with E-state index in [4.69, 9.17) is 4.74 Å². The Labute approximate surface area is 116 Å². The Balaban J connectivity index is 2.33. The van der Waals surface area contributed by atoms with Gasteiger partial charge in [-0.15, -0.1) is 0 Å². The van der Waals surface area contributed by atoms with E-state index >= 15 is 0 Å². The maximum atomic E-state index is 11.3. The van der Waals surface area contributed by atoms with Crippen molar-refractivity contribution in [3.8, 4) is 0 Å². The number of amides is 1. The van der Waals surface area contributed by atoms with Crippen LogP contribution in [0, 0.1) is 0 Å². The molecule has 1 amide bonds. The number of nitrogens with zero attached hydrogens (tertiary/aromatic N) is 1. The molecule has 0 unspecified atom stereocenters. The molecule has 5 heteroatoms. The van der Waals surface area contributed by atoms with Crippen LogP contribution in [0.1, 0.15) is 26.3 Å². The Morgan fingerprint density at radius 3 is 2.78 bits per heavy atom. The first kappa shape index (κ1) is 14.7. The Bertz CT molecular complexity index is 422. The number of pyridine rings is 1. The van der Waals surface area contributed by atoms with E-state index in [0.29, 0.717) is 6.54 Å². The van der Waals surface area contributed by atoms with Crippen LogP contribution in [0.2, 0.25) is 0 Å². The van der Waals surface area contributed by atoms with E-state index in [9.17, 15) is 4.79 Å². The fraction of sp³-hybridized carbons (Fsp3) is 0.385. The number of ether oxygens (including phenoxy) is 1. The number of carbonyl (C=O) groups excluding carboxylic acids is 1. The van der Waals surface area contributed by atoms with Crippen molar-refractivity contribution < 1.29 is 9.53 Å². The van der Waals surface area contributed by atoms with Gasteiger partial charge in [-0.3, -0.25) is 0 Å². The first-order valence-electron chi connectivity index (χ1n) is 5.62. The zero-order valence-electron chi connectivity index (χ0n) is 10.7. The Kier molecular flexibility index (Phi) is 5.34. The molecule has 0 aromatic carbocycles. The fourth-order valence-corrected chi connectivity index (χ4v) is 1.37. The Morgan fingerprint density at radius 2 is 2.22 bits per heavy atom. The van der Waals surface area contributed by atoms with Gasteiger partial charge in [0, 0.05) is 12.7 Å². The third-order valence-corrected chi connectivity index (χ3v) is 2.29. The fourth-order valence-electron chi connectivity index (χ4n) is 1.14. The molecule has 0 radical (unpaired) electrons. The second kappa shape index (κ2) is 6.54. The van der Waals surface area contributed by atoms with Crippen molar-refractivity contribution in [2.24, 2.45) is 0 Å². The van der Waals surface area contributed by atoms with Crippen LogP contribution in [0.3, 0.4) is 0 Å². The molecule has 18 heavy (non-hydrogen) atoms. The summed E-state index contributed by atoms with van der Waals surface area (Å²) in [6.45, 7) is 5.91. The van der Waals surface area contributed by atoms with Crippen molar-refractivity contribution in [2.75, 3.05) is 6.54 Å². The average Bonchev–Trinajstić information content (AvgIpc) is 2.24. The van der Waals surface area contributed by atoms with Crippen LogP contribution >= 0.6 is 15.9 Å². The molecule has 0 aliphatic rings. The summed E-state index contributed by atoms with van der Waals surface area (Å²) in [6, 6.07) is 3.79. The standard InChI is InChI=1S/C13H17BrN2O2/c1-13(2,3)18-12(17)15-8-4-5-10-6-7-11(14)16-9-10/h4-7,9H,8H2,1-3H3,(H,15,17). The van der Waals surface area contributed by atoms with Crippen LogP contribution in [0.15, 0.2) is 29.0 Å². The molecule has 1 N–H and O–H groups in total. The predicted molar refractivity (Wildman–Crippen MR) is 75.2 cm³/mol. The lowest BCUT2D eigenvalue weighted by molar-refractivity contribution is 0.0534. The zero-order chi connectivity index (χ0) is 13.6. The summed E-state index contributed by atoms with van der Waals surface area (Å²) in [7, 11) is 0. The summed E-state index contributed by atoms with van der Waals surface area (Å²) >= 11 is 3.27. The molecule has 0 saturated carbocycles. The first-order chi connectivity index (χ1) is 8.37. The third kappa shape index (κ3) is 6.39. The van der Waals surface area contributed by atoms with Gasteiger partial charge >= 0.3 is 6.09 Å². The molecule has 0 fully saturated rings. The van der Waals surface area contributed by atoms with Gasteiger partial charge in [-0.05, 0) is 48.3 Å². The summed E-state index contributed by atoms with van der Waals surface area (Å²) in [5.74, 6) is 0. The van der Waals surface area contributed by atoms with Crippen molar-refractivity contribution in [1.82, 2.24) is 10.3 Å². The largest absolute Gasteiger partial charge is 0.444 e. The van der Waals surface area contributed by atoms with E-state index in [1.807, 2.05) is 45.1 Å². The molecule has 1 aromatic heterocycles. The van der Waals surface area contributed by atoms with Crippen molar-refractivity contribution in [1.29, 1.82) is 0 Å². The Hall–Kier alpha value is -1.36. The van der Waals surface area contributed by atoms with Gasteiger partial charge in [-0.1, -0.05) is 18.2 Å². The van der Waals surface area contributed by atoms with Crippen LogP contribution in [0.5, 0.6) is 0 Å². The van der Waals surface area contributed by atoms with E-state index in [1.54, 1.807) is 6.20 Å². The minimum Gasteiger partial charge on any atom is -0.444 e. The second-order valence-corrected chi connectivity index (χ2v) is 5.51. The SMILES string of the molecule is CC(C)(C)OC(=O)NCC=Cc1ccc(Br)nc1. The van der Waals surface area contributed by atoms with E-state index in [-0.39, 0.29) is 0 Å². The highest BCUT2D eigenvalue weighted by Crippen LogP contribution is 2.08. The Morgan fingerprint density at radius 1 is 1.50 bits per heavy atom. The van der Waals surface area contributed by atoms with Gasteiger partial charge in [0.05, 0.1) is 0 Å². The number of aromatic nitrogens is 1. The highest BCUT2D eigenvalue weighted by molar-refractivity contribution is 9.10. The number of alkyl carbamates (subject to hydrolysis) is 1. The molecule has 98 valence electrons. The van der Waals surface area contributed by atoms with Gasteiger partial charge in [0.2, 0.25) is 0 Å². The summed E-state index contributed by atoms with van der Waals surface area (Å²) in [6.07, 6.45) is 5.06. The normalized spacial score (nSPS) is 11.6. The van der Waals surface area contributed by atoms with Crippen LogP contribution in [0.25, 0.3) is 6.08 Å². The number of hydrogen-bond donors (Lipinski definition) is 1. The molecule has 0 spiro atoms. The molecular formula is C13H17BrN2O2. The maximum absolute atomic E-state index is 11.3. The lowest BCUT2D eigenvalue weighted by Gasteiger charge is -2.19. The molecular weight excluding hydrogens is 296 g/mol. The minimum atomic E-state index is -0.469.